The van der Waals surface area contributed by atoms with Crippen molar-refractivity contribution in [3.8, 4) is 0 Å². The summed E-state index contributed by atoms with van der Waals surface area (Å²) in [7, 11) is 2.02. The van der Waals surface area contributed by atoms with Gasteiger partial charge in [0.2, 0.25) is 0 Å². The first-order valence-corrected chi connectivity index (χ1v) is 8.17. The number of hydrogen-bond donors (Lipinski definition) is 0. The molecule has 0 amide bonds. The van der Waals surface area contributed by atoms with Gasteiger partial charge in [-0.1, -0.05) is 20.3 Å². The molecule has 2 unspecified atom stereocenters. The Hall–Kier alpha value is -1.03. The largest absolute Gasteiger partial charge is 0.309 e. The van der Waals surface area contributed by atoms with Crippen molar-refractivity contribution in [2.75, 3.05) is 0 Å². The molecular weight excluding hydrogens is 272 g/mol. The molecule has 0 saturated heterocycles. The number of aromatic nitrogens is 4. The van der Waals surface area contributed by atoms with E-state index in [1.807, 2.05) is 11.7 Å². The van der Waals surface area contributed by atoms with Crippen molar-refractivity contribution < 1.29 is 0 Å². The van der Waals surface area contributed by atoms with Crippen LogP contribution in [0.15, 0.2) is 0 Å². The van der Waals surface area contributed by atoms with Gasteiger partial charge in [0.1, 0.15) is 11.3 Å². The first kappa shape index (κ1) is 13.9. The average Bonchev–Trinajstić information content (AvgIpc) is 3.07. The van der Waals surface area contributed by atoms with Crippen molar-refractivity contribution in [2.24, 2.45) is 13.0 Å². The molecule has 20 heavy (non-hydrogen) atoms. The van der Waals surface area contributed by atoms with Crippen molar-refractivity contribution in [3.05, 3.63) is 11.5 Å². The third-order valence-electron chi connectivity index (χ3n) is 4.45. The van der Waals surface area contributed by atoms with Crippen LogP contribution >= 0.6 is 11.6 Å². The second-order valence-electron chi connectivity index (χ2n) is 6.10. The normalized spacial score (nSPS) is 23.0. The Labute approximate surface area is 125 Å². The molecule has 2 aromatic heterocycles. The van der Waals surface area contributed by atoms with Crippen LogP contribution in [0, 0.1) is 5.92 Å². The van der Waals surface area contributed by atoms with Gasteiger partial charge in [0, 0.05) is 13.1 Å². The van der Waals surface area contributed by atoms with Crippen LogP contribution in [0.4, 0.5) is 0 Å². The van der Waals surface area contributed by atoms with E-state index in [4.69, 9.17) is 16.6 Å². The highest BCUT2D eigenvalue weighted by molar-refractivity contribution is 6.16. The molecule has 0 spiro atoms. The van der Waals surface area contributed by atoms with Crippen molar-refractivity contribution >= 4 is 22.8 Å². The van der Waals surface area contributed by atoms with Gasteiger partial charge in [-0.2, -0.15) is 5.10 Å². The highest BCUT2D eigenvalue weighted by Crippen LogP contribution is 2.37. The van der Waals surface area contributed by atoms with E-state index in [9.17, 15) is 0 Å². The van der Waals surface area contributed by atoms with Gasteiger partial charge >= 0.3 is 0 Å². The molecule has 2 atom stereocenters. The molecule has 5 heteroatoms. The number of hydrogen-bond acceptors (Lipinski definition) is 2. The maximum absolute atomic E-state index is 6.14. The first-order valence-electron chi connectivity index (χ1n) is 7.64. The second-order valence-corrected chi connectivity index (χ2v) is 6.36. The number of alkyl halides is 1. The van der Waals surface area contributed by atoms with Gasteiger partial charge in [0.05, 0.1) is 11.6 Å². The summed E-state index contributed by atoms with van der Waals surface area (Å²) in [5.41, 5.74) is 3.33. The summed E-state index contributed by atoms with van der Waals surface area (Å²) in [4.78, 5) is 4.79. The van der Waals surface area contributed by atoms with Crippen molar-refractivity contribution in [1.82, 2.24) is 19.3 Å². The summed E-state index contributed by atoms with van der Waals surface area (Å²) in [6.07, 6.45) is 5.83. The van der Waals surface area contributed by atoms with Gasteiger partial charge in [0.15, 0.2) is 5.65 Å². The maximum atomic E-state index is 6.14. The predicted molar refractivity (Wildman–Crippen MR) is 82.1 cm³/mol. The number of fused-ring (bicyclic) bond motifs is 1. The molecule has 110 valence electrons. The summed E-state index contributed by atoms with van der Waals surface area (Å²) in [5.74, 6) is 2.28. The van der Waals surface area contributed by atoms with Crippen LogP contribution in [0.1, 0.15) is 57.1 Å². The number of rotatable bonds is 4. The van der Waals surface area contributed by atoms with Gasteiger partial charge < -0.3 is 4.57 Å². The van der Waals surface area contributed by atoms with E-state index in [0.717, 1.165) is 41.4 Å². The van der Waals surface area contributed by atoms with E-state index in [1.165, 1.54) is 19.3 Å². The van der Waals surface area contributed by atoms with Crippen LogP contribution in [-0.4, -0.2) is 19.3 Å². The number of aryl methyl sites for hydroxylation is 2. The third kappa shape index (κ3) is 2.14. The molecule has 2 heterocycles. The van der Waals surface area contributed by atoms with E-state index in [1.54, 1.807) is 0 Å². The topological polar surface area (TPSA) is 35.6 Å². The molecule has 0 radical (unpaired) electrons. The lowest BCUT2D eigenvalue weighted by molar-refractivity contribution is 0.484. The second kappa shape index (κ2) is 5.40. The first-order chi connectivity index (χ1) is 9.65. The van der Waals surface area contributed by atoms with Gasteiger partial charge in [-0.15, -0.1) is 11.6 Å². The molecule has 1 aliphatic rings. The van der Waals surface area contributed by atoms with Crippen LogP contribution in [0.25, 0.3) is 11.2 Å². The summed E-state index contributed by atoms with van der Waals surface area (Å²) >= 11 is 6.14. The lowest BCUT2D eigenvalue weighted by Gasteiger charge is -2.15. The SMILES string of the molecule is CCCc1nn(C)c2c1nc(CCl)n2C1CCC(C)C1. The Kier molecular flexibility index (Phi) is 3.76. The van der Waals surface area contributed by atoms with Gasteiger partial charge in [0.25, 0.3) is 0 Å². The zero-order valence-corrected chi connectivity index (χ0v) is 13.3. The molecule has 2 aromatic rings. The van der Waals surface area contributed by atoms with Crippen LogP contribution < -0.4 is 0 Å². The summed E-state index contributed by atoms with van der Waals surface area (Å²) in [6.45, 7) is 4.51. The van der Waals surface area contributed by atoms with Gasteiger partial charge in [-0.05, 0) is 31.6 Å². The minimum Gasteiger partial charge on any atom is -0.309 e. The molecule has 0 aromatic carbocycles. The fraction of sp³-hybridized carbons (Fsp3) is 0.733. The molecule has 0 aliphatic heterocycles. The van der Waals surface area contributed by atoms with Crippen LogP contribution in [0.3, 0.4) is 0 Å². The Morgan fingerprint density at radius 3 is 2.75 bits per heavy atom. The van der Waals surface area contributed by atoms with E-state index >= 15 is 0 Å². The Morgan fingerprint density at radius 1 is 1.35 bits per heavy atom. The predicted octanol–water partition coefficient (Wildman–Crippen LogP) is 3.82. The summed E-state index contributed by atoms with van der Waals surface area (Å²) in [5, 5.41) is 4.66. The number of halogens is 1. The zero-order chi connectivity index (χ0) is 14.3. The fourth-order valence-electron chi connectivity index (χ4n) is 3.54. The molecule has 0 bridgehead atoms. The number of imidazole rings is 1. The molecular formula is C15H23ClN4. The van der Waals surface area contributed by atoms with Crippen LogP contribution in [0.2, 0.25) is 0 Å². The van der Waals surface area contributed by atoms with Crippen molar-refractivity contribution in [3.63, 3.8) is 0 Å². The van der Waals surface area contributed by atoms with E-state index in [2.05, 4.69) is 23.5 Å². The average molecular weight is 295 g/mol. The fourth-order valence-corrected chi connectivity index (χ4v) is 3.73. The molecule has 1 aliphatic carbocycles. The van der Waals surface area contributed by atoms with Gasteiger partial charge in [-0.25, -0.2) is 4.98 Å². The number of nitrogens with zero attached hydrogens (tertiary/aromatic N) is 4. The highest BCUT2D eigenvalue weighted by Gasteiger charge is 2.28. The van der Waals surface area contributed by atoms with Crippen LogP contribution in [-0.2, 0) is 19.3 Å². The third-order valence-corrected chi connectivity index (χ3v) is 4.69. The van der Waals surface area contributed by atoms with Crippen molar-refractivity contribution in [1.29, 1.82) is 0 Å². The van der Waals surface area contributed by atoms with Gasteiger partial charge in [-0.3, -0.25) is 4.68 Å². The monoisotopic (exact) mass is 294 g/mol. The van der Waals surface area contributed by atoms with Crippen molar-refractivity contribution in [2.45, 2.75) is 57.9 Å². The summed E-state index contributed by atoms with van der Waals surface area (Å²) < 4.78 is 4.35. The Morgan fingerprint density at radius 2 is 2.15 bits per heavy atom. The van der Waals surface area contributed by atoms with E-state index in [0.29, 0.717) is 11.9 Å². The molecule has 3 rings (SSSR count). The molecule has 0 N–H and O–H groups in total. The molecule has 1 fully saturated rings. The lowest BCUT2D eigenvalue weighted by Crippen LogP contribution is -2.11. The summed E-state index contributed by atoms with van der Waals surface area (Å²) in [6, 6.07) is 0.536. The minimum atomic E-state index is 0.477. The molecule has 1 saturated carbocycles. The van der Waals surface area contributed by atoms with E-state index < -0.39 is 0 Å². The Bertz CT molecular complexity index is 613. The molecule has 4 nitrogen and oxygen atoms in total. The Balaban J connectivity index is 2.14. The lowest BCUT2D eigenvalue weighted by atomic mass is 10.1. The zero-order valence-electron chi connectivity index (χ0n) is 12.6. The minimum absolute atomic E-state index is 0.477. The highest BCUT2D eigenvalue weighted by atomic mass is 35.5. The standard InChI is InChI=1S/C15H23ClN4/c1-4-5-12-14-15(19(3)18-12)20(13(9-16)17-14)11-7-6-10(2)8-11/h10-11H,4-9H2,1-3H3. The smallest absolute Gasteiger partial charge is 0.158 e. The maximum Gasteiger partial charge on any atom is 0.158 e. The van der Waals surface area contributed by atoms with Crippen LogP contribution in [0.5, 0.6) is 0 Å². The van der Waals surface area contributed by atoms with E-state index in [-0.39, 0.29) is 0 Å². The quantitative estimate of drug-likeness (QED) is 0.804.